The Morgan fingerprint density at radius 3 is 2.62 bits per heavy atom. The minimum atomic E-state index is -0.753. The predicted octanol–water partition coefficient (Wildman–Crippen LogP) is 0.195. The van der Waals surface area contributed by atoms with Gasteiger partial charge in [0.15, 0.2) is 5.96 Å². The number of carbonyl (C=O) groups is 1. The van der Waals surface area contributed by atoms with Gasteiger partial charge in [-0.05, 0) is 12.8 Å². The molecule has 1 aromatic rings. The number of guanidine groups is 1. The van der Waals surface area contributed by atoms with E-state index >= 15 is 0 Å². The minimum Gasteiger partial charge on any atom is -0.388 e. The average molecular weight is 336 g/mol. The molecule has 1 aromatic heterocycles. The molecule has 1 saturated heterocycles. The zero-order valence-electron chi connectivity index (χ0n) is 15.0. The van der Waals surface area contributed by atoms with E-state index in [-0.39, 0.29) is 12.5 Å². The molecule has 1 aliphatic heterocycles. The molecule has 0 spiro atoms. The van der Waals surface area contributed by atoms with E-state index in [0.29, 0.717) is 38.4 Å². The fraction of sp³-hybridized carbons (Fsp3) is 0.688. The summed E-state index contributed by atoms with van der Waals surface area (Å²) in [4.78, 5) is 20.4. The smallest absolute Gasteiger partial charge is 0.246 e. The summed E-state index contributed by atoms with van der Waals surface area (Å²) in [5.41, 5.74) is 0.0636. The van der Waals surface area contributed by atoms with Gasteiger partial charge in [-0.25, -0.2) is 0 Å². The molecule has 0 aromatic carbocycles. The topological polar surface area (TPSA) is 86.0 Å². The van der Waals surface area contributed by atoms with Crippen LogP contribution in [-0.2, 0) is 11.8 Å². The Hall–Kier alpha value is -2.09. The molecule has 134 valence electrons. The van der Waals surface area contributed by atoms with Gasteiger partial charge in [0, 0.05) is 39.9 Å². The molecule has 0 radical (unpaired) electrons. The van der Waals surface area contributed by atoms with Crippen LogP contribution in [0.4, 0.5) is 5.69 Å². The first-order valence-corrected chi connectivity index (χ1v) is 8.39. The van der Waals surface area contributed by atoms with E-state index in [2.05, 4.69) is 15.4 Å². The second kappa shape index (κ2) is 7.65. The fourth-order valence-electron chi connectivity index (χ4n) is 2.75. The third-order valence-corrected chi connectivity index (χ3v) is 4.63. The molecule has 1 fully saturated rings. The van der Waals surface area contributed by atoms with Gasteiger partial charge in [-0.3, -0.25) is 14.5 Å². The zero-order chi connectivity index (χ0) is 17.7. The van der Waals surface area contributed by atoms with Crippen molar-refractivity contribution in [3.05, 3.63) is 12.4 Å². The number of hydrogen-bond donors (Lipinski definition) is 2. The highest BCUT2D eigenvalue weighted by Crippen LogP contribution is 2.17. The third-order valence-electron chi connectivity index (χ3n) is 4.63. The second-order valence-electron chi connectivity index (χ2n) is 6.17. The lowest BCUT2D eigenvalue weighted by atomic mass is 9.98. The Labute approximate surface area is 143 Å². The zero-order valence-corrected chi connectivity index (χ0v) is 15.0. The summed E-state index contributed by atoms with van der Waals surface area (Å²) in [5.74, 6) is 0.660. The monoisotopic (exact) mass is 336 g/mol. The first-order chi connectivity index (χ1) is 11.4. The molecule has 1 amide bonds. The standard InChI is InChI=1S/C16H28N6O2/c1-5-16(24,6-2)12-18-15(17-3)21-7-8-22(14(23)11-21)13-9-19-20(4)10-13/h9-10,24H,5-8,11-12H2,1-4H3,(H,17,18). The van der Waals surface area contributed by atoms with Gasteiger partial charge in [-0.15, -0.1) is 0 Å². The molecule has 0 aliphatic carbocycles. The number of amides is 1. The SMILES string of the molecule is CCC(O)(CC)CNC(=NC)N1CCN(c2cnn(C)c2)C(=O)C1. The quantitative estimate of drug-likeness (QED) is 0.592. The number of carbonyl (C=O) groups excluding carboxylic acids is 1. The Morgan fingerprint density at radius 2 is 2.12 bits per heavy atom. The summed E-state index contributed by atoms with van der Waals surface area (Å²) < 4.78 is 1.69. The molecule has 0 atom stereocenters. The van der Waals surface area contributed by atoms with Gasteiger partial charge in [0.05, 0.1) is 17.5 Å². The number of aryl methyl sites for hydroxylation is 1. The van der Waals surface area contributed by atoms with Crippen molar-refractivity contribution in [1.82, 2.24) is 20.0 Å². The van der Waals surface area contributed by atoms with Crippen LogP contribution in [0.15, 0.2) is 17.4 Å². The molecule has 2 rings (SSSR count). The first-order valence-electron chi connectivity index (χ1n) is 8.39. The van der Waals surface area contributed by atoms with Crippen molar-refractivity contribution in [2.45, 2.75) is 32.3 Å². The van der Waals surface area contributed by atoms with Gasteiger partial charge in [0.1, 0.15) is 6.54 Å². The number of nitrogens with zero attached hydrogens (tertiary/aromatic N) is 5. The summed E-state index contributed by atoms with van der Waals surface area (Å²) >= 11 is 0. The van der Waals surface area contributed by atoms with E-state index in [1.54, 1.807) is 22.8 Å². The lowest BCUT2D eigenvalue weighted by Gasteiger charge is -2.36. The summed E-state index contributed by atoms with van der Waals surface area (Å²) in [5, 5.41) is 17.7. The minimum absolute atomic E-state index is 0.0124. The molecular weight excluding hydrogens is 308 g/mol. The van der Waals surface area contributed by atoms with E-state index in [1.165, 1.54) is 0 Å². The normalized spacial score (nSPS) is 16.7. The molecule has 8 nitrogen and oxygen atoms in total. The van der Waals surface area contributed by atoms with Crippen molar-refractivity contribution in [1.29, 1.82) is 0 Å². The van der Waals surface area contributed by atoms with Crippen LogP contribution in [0.1, 0.15) is 26.7 Å². The maximum absolute atomic E-state index is 12.5. The summed E-state index contributed by atoms with van der Waals surface area (Å²) in [6, 6.07) is 0. The van der Waals surface area contributed by atoms with Gasteiger partial charge >= 0.3 is 0 Å². The number of aromatic nitrogens is 2. The van der Waals surface area contributed by atoms with E-state index in [9.17, 15) is 9.90 Å². The Balaban J connectivity index is 1.97. The van der Waals surface area contributed by atoms with Crippen LogP contribution in [0.2, 0.25) is 0 Å². The molecule has 0 saturated carbocycles. The van der Waals surface area contributed by atoms with Gasteiger partial charge in [-0.1, -0.05) is 13.8 Å². The number of piperazine rings is 1. The van der Waals surface area contributed by atoms with E-state index in [1.807, 2.05) is 32.0 Å². The maximum atomic E-state index is 12.5. The molecule has 0 bridgehead atoms. The predicted molar refractivity (Wildman–Crippen MR) is 94.0 cm³/mol. The molecular formula is C16H28N6O2. The molecule has 2 N–H and O–H groups in total. The molecule has 2 heterocycles. The van der Waals surface area contributed by atoms with Crippen molar-refractivity contribution in [2.24, 2.45) is 12.0 Å². The number of hydrogen-bond acceptors (Lipinski definition) is 4. The fourth-order valence-corrected chi connectivity index (χ4v) is 2.75. The van der Waals surface area contributed by atoms with Crippen LogP contribution in [0.3, 0.4) is 0 Å². The number of aliphatic hydroxyl groups is 1. The van der Waals surface area contributed by atoms with Crippen LogP contribution >= 0.6 is 0 Å². The van der Waals surface area contributed by atoms with Gasteiger partial charge in [0.2, 0.25) is 5.91 Å². The van der Waals surface area contributed by atoms with Gasteiger partial charge in [0.25, 0.3) is 0 Å². The van der Waals surface area contributed by atoms with Crippen LogP contribution in [0, 0.1) is 0 Å². The molecule has 24 heavy (non-hydrogen) atoms. The number of anilines is 1. The van der Waals surface area contributed by atoms with Crippen molar-refractivity contribution in [2.75, 3.05) is 38.1 Å². The summed E-state index contributed by atoms with van der Waals surface area (Å²) in [7, 11) is 3.52. The summed E-state index contributed by atoms with van der Waals surface area (Å²) in [6.45, 7) is 5.86. The van der Waals surface area contributed by atoms with Crippen LogP contribution < -0.4 is 10.2 Å². The van der Waals surface area contributed by atoms with Crippen LogP contribution in [0.5, 0.6) is 0 Å². The Morgan fingerprint density at radius 1 is 1.42 bits per heavy atom. The first kappa shape index (κ1) is 18.3. The average Bonchev–Trinajstić information content (AvgIpc) is 3.01. The lowest BCUT2D eigenvalue weighted by molar-refractivity contribution is -0.120. The highest BCUT2D eigenvalue weighted by molar-refractivity contribution is 5.98. The summed E-state index contributed by atoms with van der Waals surface area (Å²) in [6.07, 6.45) is 4.87. The third kappa shape index (κ3) is 4.05. The Bertz CT molecular complexity index is 593. The maximum Gasteiger partial charge on any atom is 0.246 e. The van der Waals surface area contributed by atoms with E-state index in [0.717, 1.165) is 5.69 Å². The van der Waals surface area contributed by atoms with Crippen molar-refractivity contribution in [3.63, 3.8) is 0 Å². The van der Waals surface area contributed by atoms with E-state index in [4.69, 9.17) is 0 Å². The molecule has 8 heteroatoms. The van der Waals surface area contributed by atoms with Crippen LogP contribution in [-0.4, -0.2) is 70.5 Å². The lowest BCUT2D eigenvalue weighted by Crippen LogP contribution is -2.57. The van der Waals surface area contributed by atoms with Crippen LogP contribution in [0.25, 0.3) is 0 Å². The highest BCUT2D eigenvalue weighted by Gasteiger charge is 2.29. The van der Waals surface area contributed by atoms with E-state index < -0.39 is 5.60 Å². The van der Waals surface area contributed by atoms with Crippen molar-refractivity contribution >= 4 is 17.6 Å². The van der Waals surface area contributed by atoms with Gasteiger partial charge < -0.3 is 20.2 Å². The molecule has 1 aliphatic rings. The second-order valence-corrected chi connectivity index (χ2v) is 6.17. The van der Waals surface area contributed by atoms with Gasteiger partial charge in [-0.2, -0.15) is 5.10 Å². The van der Waals surface area contributed by atoms with Crippen molar-refractivity contribution < 1.29 is 9.90 Å². The number of rotatable bonds is 5. The Kier molecular flexibility index (Phi) is 5.82. The number of nitrogens with one attached hydrogen (secondary N) is 1. The molecule has 0 unspecified atom stereocenters. The van der Waals surface area contributed by atoms with Crippen molar-refractivity contribution in [3.8, 4) is 0 Å². The number of aliphatic imine (C=N–C) groups is 1. The largest absolute Gasteiger partial charge is 0.388 e. The highest BCUT2D eigenvalue weighted by atomic mass is 16.3.